The second-order valence-corrected chi connectivity index (χ2v) is 4.94. The normalized spacial score (nSPS) is 12.0. The zero-order valence-corrected chi connectivity index (χ0v) is 13.5. The molecule has 0 amide bonds. The van der Waals surface area contributed by atoms with E-state index in [2.05, 4.69) is 0 Å². The Morgan fingerprint density at radius 3 is 2.30 bits per heavy atom. The molecule has 2 aromatic rings. The molecule has 0 aliphatic heterocycles. The van der Waals surface area contributed by atoms with Crippen molar-refractivity contribution >= 4 is 12.0 Å². The van der Waals surface area contributed by atoms with E-state index in [4.69, 9.17) is 14.2 Å². The highest BCUT2D eigenvalue weighted by molar-refractivity contribution is 5.67. The first-order valence-corrected chi connectivity index (χ1v) is 7.26. The number of hydrogen-bond donors (Lipinski definition) is 0. The quantitative estimate of drug-likeness (QED) is 0.756. The largest absolute Gasteiger partial charge is 0.497 e. The van der Waals surface area contributed by atoms with E-state index in [1.54, 1.807) is 14.2 Å². The molecule has 0 saturated carbocycles. The van der Waals surface area contributed by atoms with E-state index < -0.39 is 6.10 Å². The third-order valence-electron chi connectivity index (χ3n) is 3.27. The molecule has 0 N–H and O–H groups in total. The van der Waals surface area contributed by atoms with Crippen LogP contribution in [0.15, 0.2) is 54.6 Å². The molecule has 2 aromatic carbocycles. The fraction of sp³-hybridized carbons (Fsp3) is 0.211. The van der Waals surface area contributed by atoms with Gasteiger partial charge in [-0.1, -0.05) is 30.3 Å². The summed E-state index contributed by atoms with van der Waals surface area (Å²) in [5.74, 6) is 1.15. The smallest absolute Gasteiger partial charge is 0.303 e. The summed E-state index contributed by atoms with van der Waals surface area (Å²) in [6.07, 6.45) is 3.26. The molecule has 4 nitrogen and oxygen atoms in total. The molecule has 4 heteroatoms. The Bertz CT molecular complexity index is 691. The standard InChI is InChI=1S/C19H20O4/c1-14(20)23-19(16-7-5-9-18(13-16)22-3)11-10-15-6-4-8-17(12-15)21-2/h4-13,19H,1-3H3/b11-10+. The molecule has 0 aliphatic rings. The summed E-state index contributed by atoms with van der Waals surface area (Å²) >= 11 is 0. The van der Waals surface area contributed by atoms with E-state index in [0.717, 1.165) is 22.6 Å². The molecule has 0 bridgehead atoms. The van der Waals surface area contributed by atoms with Gasteiger partial charge >= 0.3 is 5.97 Å². The van der Waals surface area contributed by atoms with Crippen molar-refractivity contribution in [3.8, 4) is 11.5 Å². The van der Waals surface area contributed by atoms with Gasteiger partial charge in [0, 0.05) is 12.5 Å². The molecule has 0 aromatic heterocycles. The molecule has 0 spiro atoms. The zero-order chi connectivity index (χ0) is 16.7. The Morgan fingerprint density at radius 2 is 1.65 bits per heavy atom. The van der Waals surface area contributed by atoms with Crippen LogP contribution in [0.4, 0.5) is 0 Å². The number of rotatable bonds is 6. The van der Waals surface area contributed by atoms with Gasteiger partial charge in [-0.2, -0.15) is 0 Å². The van der Waals surface area contributed by atoms with Crippen LogP contribution in [0.25, 0.3) is 6.08 Å². The highest BCUT2D eigenvalue weighted by atomic mass is 16.5. The Morgan fingerprint density at radius 1 is 1.00 bits per heavy atom. The van der Waals surface area contributed by atoms with Gasteiger partial charge in [0.1, 0.15) is 17.6 Å². The third-order valence-corrected chi connectivity index (χ3v) is 3.27. The highest BCUT2D eigenvalue weighted by Crippen LogP contribution is 2.25. The molecule has 0 fully saturated rings. The van der Waals surface area contributed by atoms with Crippen molar-refractivity contribution in [3.63, 3.8) is 0 Å². The monoisotopic (exact) mass is 312 g/mol. The fourth-order valence-electron chi connectivity index (χ4n) is 2.16. The molecule has 0 saturated heterocycles. The summed E-state index contributed by atoms with van der Waals surface area (Å²) in [5.41, 5.74) is 1.81. The minimum Gasteiger partial charge on any atom is -0.497 e. The van der Waals surface area contributed by atoms with E-state index in [9.17, 15) is 4.79 Å². The molecular weight excluding hydrogens is 292 g/mol. The number of hydrogen-bond acceptors (Lipinski definition) is 4. The van der Waals surface area contributed by atoms with E-state index >= 15 is 0 Å². The lowest BCUT2D eigenvalue weighted by molar-refractivity contribution is -0.144. The fourth-order valence-corrected chi connectivity index (χ4v) is 2.16. The Kier molecular flexibility index (Phi) is 5.80. The van der Waals surface area contributed by atoms with Gasteiger partial charge in [0.25, 0.3) is 0 Å². The average molecular weight is 312 g/mol. The maximum atomic E-state index is 11.4. The van der Waals surface area contributed by atoms with Gasteiger partial charge in [-0.25, -0.2) is 0 Å². The Balaban J connectivity index is 2.27. The molecule has 1 atom stereocenters. The summed E-state index contributed by atoms with van der Waals surface area (Å²) in [6, 6.07) is 15.1. The highest BCUT2D eigenvalue weighted by Gasteiger charge is 2.12. The minimum absolute atomic E-state index is 0.340. The lowest BCUT2D eigenvalue weighted by Crippen LogP contribution is -2.06. The molecule has 1 unspecified atom stereocenters. The van der Waals surface area contributed by atoms with Crippen LogP contribution in [0.1, 0.15) is 24.2 Å². The summed E-state index contributed by atoms with van der Waals surface area (Å²) in [4.78, 5) is 11.4. The third kappa shape index (κ3) is 4.88. The summed E-state index contributed by atoms with van der Waals surface area (Å²) in [6.45, 7) is 1.40. The van der Waals surface area contributed by atoms with Crippen molar-refractivity contribution in [2.75, 3.05) is 14.2 Å². The molecular formula is C19H20O4. The molecule has 0 radical (unpaired) electrons. The van der Waals surface area contributed by atoms with Gasteiger partial charge in [0.2, 0.25) is 0 Å². The van der Waals surface area contributed by atoms with E-state index in [0.29, 0.717) is 0 Å². The van der Waals surface area contributed by atoms with Gasteiger partial charge in [-0.3, -0.25) is 4.79 Å². The van der Waals surface area contributed by atoms with Crippen molar-refractivity contribution in [1.29, 1.82) is 0 Å². The van der Waals surface area contributed by atoms with Crippen molar-refractivity contribution in [2.45, 2.75) is 13.0 Å². The average Bonchev–Trinajstić information content (AvgIpc) is 2.58. The molecule has 0 aliphatic carbocycles. The van der Waals surface area contributed by atoms with Crippen molar-refractivity contribution < 1.29 is 19.0 Å². The lowest BCUT2D eigenvalue weighted by atomic mass is 10.1. The first-order valence-electron chi connectivity index (χ1n) is 7.26. The van der Waals surface area contributed by atoms with E-state index in [1.165, 1.54) is 6.92 Å². The molecule has 0 heterocycles. The first-order chi connectivity index (χ1) is 11.1. The van der Waals surface area contributed by atoms with Gasteiger partial charge in [0.05, 0.1) is 14.2 Å². The SMILES string of the molecule is COc1cccc(/C=C/C(OC(C)=O)c2cccc(OC)c2)c1. The zero-order valence-electron chi connectivity index (χ0n) is 13.5. The second-order valence-electron chi connectivity index (χ2n) is 4.94. The second kappa shape index (κ2) is 8.03. The van der Waals surface area contributed by atoms with Crippen LogP contribution in [0, 0.1) is 0 Å². The van der Waals surface area contributed by atoms with Crippen LogP contribution in [-0.4, -0.2) is 20.2 Å². The number of carbonyl (C=O) groups is 1. The summed E-state index contributed by atoms with van der Waals surface area (Å²) in [7, 11) is 3.23. The predicted octanol–water partition coefficient (Wildman–Crippen LogP) is 4.02. The van der Waals surface area contributed by atoms with Crippen LogP contribution in [0.5, 0.6) is 11.5 Å². The number of esters is 1. The number of ether oxygens (including phenoxy) is 3. The number of carbonyl (C=O) groups excluding carboxylic acids is 1. The summed E-state index contributed by atoms with van der Waals surface area (Å²) in [5, 5.41) is 0. The van der Waals surface area contributed by atoms with Crippen LogP contribution in [0.3, 0.4) is 0 Å². The Labute approximate surface area is 136 Å². The van der Waals surface area contributed by atoms with Crippen molar-refractivity contribution in [3.05, 3.63) is 65.7 Å². The first kappa shape index (κ1) is 16.6. The van der Waals surface area contributed by atoms with Gasteiger partial charge < -0.3 is 14.2 Å². The van der Waals surface area contributed by atoms with Gasteiger partial charge in [0.15, 0.2) is 0 Å². The Hall–Kier alpha value is -2.75. The topological polar surface area (TPSA) is 44.8 Å². The maximum Gasteiger partial charge on any atom is 0.303 e. The van der Waals surface area contributed by atoms with Crippen molar-refractivity contribution in [1.82, 2.24) is 0 Å². The van der Waals surface area contributed by atoms with Crippen LogP contribution >= 0.6 is 0 Å². The van der Waals surface area contributed by atoms with Gasteiger partial charge in [-0.15, -0.1) is 0 Å². The molecule has 23 heavy (non-hydrogen) atoms. The van der Waals surface area contributed by atoms with Gasteiger partial charge in [-0.05, 0) is 35.9 Å². The van der Waals surface area contributed by atoms with Crippen LogP contribution < -0.4 is 9.47 Å². The maximum absolute atomic E-state index is 11.4. The van der Waals surface area contributed by atoms with Crippen LogP contribution in [0.2, 0.25) is 0 Å². The van der Waals surface area contributed by atoms with E-state index in [-0.39, 0.29) is 5.97 Å². The van der Waals surface area contributed by atoms with Crippen molar-refractivity contribution in [2.24, 2.45) is 0 Å². The summed E-state index contributed by atoms with van der Waals surface area (Å²) < 4.78 is 15.8. The lowest BCUT2D eigenvalue weighted by Gasteiger charge is -2.14. The van der Waals surface area contributed by atoms with E-state index in [1.807, 2.05) is 60.7 Å². The predicted molar refractivity (Wildman–Crippen MR) is 89.5 cm³/mol. The molecule has 2 rings (SSSR count). The number of methoxy groups -OCH3 is 2. The molecule has 120 valence electrons. The number of benzene rings is 2. The minimum atomic E-state index is -0.478. The van der Waals surface area contributed by atoms with Crippen LogP contribution in [-0.2, 0) is 9.53 Å².